The van der Waals surface area contributed by atoms with Gasteiger partial charge in [0, 0.05) is 31.0 Å². The number of nitrogens with zero attached hydrogens (tertiary/aromatic N) is 6. The molecule has 0 amide bonds. The van der Waals surface area contributed by atoms with Gasteiger partial charge in [-0.05, 0) is 66.3 Å². The summed E-state index contributed by atoms with van der Waals surface area (Å²) in [5, 5.41) is 0. The number of rotatable bonds is 4. The van der Waals surface area contributed by atoms with E-state index in [1.165, 1.54) is 36.7 Å². The molecule has 6 heterocycles. The summed E-state index contributed by atoms with van der Waals surface area (Å²) in [4.78, 5) is 24.5. The first-order valence-electron chi connectivity index (χ1n) is 13.7. The van der Waals surface area contributed by atoms with Crippen molar-refractivity contribution in [3.63, 3.8) is 0 Å². The van der Waals surface area contributed by atoms with Crippen molar-refractivity contribution in [2.75, 3.05) is 0 Å². The van der Waals surface area contributed by atoms with Crippen LogP contribution in [0.4, 0.5) is 22.0 Å². The fourth-order valence-corrected chi connectivity index (χ4v) is 4.17. The summed E-state index contributed by atoms with van der Waals surface area (Å²) in [5.74, 6) is -10.1. The van der Waals surface area contributed by atoms with Crippen LogP contribution < -0.4 is 4.98 Å². The van der Waals surface area contributed by atoms with Gasteiger partial charge in [-0.25, -0.2) is 22.0 Å². The zero-order chi connectivity index (χ0) is 32.3. The van der Waals surface area contributed by atoms with Crippen LogP contribution in [0.25, 0.3) is 28.3 Å². The van der Waals surface area contributed by atoms with Crippen LogP contribution in [0.15, 0.2) is 139 Å². The fourth-order valence-electron chi connectivity index (χ4n) is 4.17. The molecule has 0 bridgehead atoms. The van der Waals surface area contributed by atoms with E-state index in [-0.39, 0.29) is 48.8 Å². The van der Waals surface area contributed by atoms with Crippen molar-refractivity contribution >= 4 is 24.2 Å². The van der Waals surface area contributed by atoms with Crippen LogP contribution in [0.3, 0.4) is 0 Å². The zero-order valence-corrected chi connectivity index (χ0v) is 27.1. The summed E-state index contributed by atoms with van der Waals surface area (Å²) in [6.07, 6.45) is 12.6. The number of halogens is 6. The Morgan fingerprint density at radius 2 is 0.938 bits per heavy atom. The normalized spacial score (nSPS) is 12.0. The second kappa shape index (κ2) is 18.2. The van der Waals surface area contributed by atoms with Crippen molar-refractivity contribution < 1.29 is 41.4 Å². The summed E-state index contributed by atoms with van der Waals surface area (Å²) in [7, 11) is 0. The minimum absolute atomic E-state index is 0. The molecule has 0 N–H and O–H groups in total. The quantitative estimate of drug-likeness (QED) is 0.0781. The minimum Gasteiger partial charge on any atom is -0.664 e. The molecule has 0 unspecified atom stereocenters. The standard InChI is InChI=1S/C15H6F5N2.2C10H8N2.ClH.Ru/c16-11-10(12(17)14(19)15(20)13(11)18)9(7-3-1-5-21-7)8-4-2-6-22-8;2*1-3-7-11-9(5-1)10-6-2-4-8-12-10;;/h1-6H;2*1-8H;1H;/q-1;;;;+1. The number of aliphatic imine (C=N–C) groups is 1. The van der Waals surface area contributed by atoms with Gasteiger partial charge in [-0.15, -0.1) is 18.1 Å². The van der Waals surface area contributed by atoms with Crippen molar-refractivity contribution in [3.8, 4) is 22.8 Å². The van der Waals surface area contributed by atoms with E-state index in [0.717, 1.165) is 22.8 Å². The van der Waals surface area contributed by atoms with Gasteiger partial charge in [0.15, 0.2) is 23.3 Å². The number of hydrogen-bond donors (Lipinski definition) is 0. The first-order chi connectivity index (χ1) is 22.5. The van der Waals surface area contributed by atoms with Crippen LogP contribution in [0.1, 0.15) is 11.3 Å². The molecule has 0 spiro atoms. The molecule has 0 saturated heterocycles. The Morgan fingerprint density at radius 3 is 1.25 bits per heavy atom. The van der Waals surface area contributed by atoms with Crippen molar-refractivity contribution in [1.29, 1.82) is 0 Å². The van der Waals surface area contributed by atoms with E-state index < -0.39 is 34.6 Å². The van der Waals surface area contributed by atoms with Gasteiger partial charge >= 0.3 is 19.5 Å². The predicted octanol–water partition coefficient (Wildman–Crippen LogP) is 8.45. The summed E-state index contributed by atoms with van der Waals surface area (Å²) >= 11 is 0. The minimum atomic E-state index is -2.20. The van der Waals surface area contributed by atoms with E-state index in [2.05, 4.69) is 29.9 Å². The van der Waals surface area contributed by atoms with Crippen molar-refractivity contribution in [2.24, 2.45) is 4.99 Å². The smallest absolute Gasteiger partial charge is 0.664 e. The molecule has 6 nitrogen and oxygen atoms in total. The summed E-state index contributed by atoms with van der Waals surface area (Å²) in [6, 6.07) is 26.1. The second-order valence-electron chi connectivity index (χ2n) is 9.22. The van der Waals surface area contributed by atoms with Gasteiger partial charge in [-0.1, -0.05) is 36.4 Å². The Hall–Kier alpha value is -5.19. The molecule has 1 radical (unpaired) electrons. The summed E-state index contributed by atoms with van der Waals surface area (Å²) in [6.45, 7) is 0. The Bertz CT molecular complexity index is 1790. The number of allylic oxidation sites excluding steroid dienone is 2. The number of hydrogen-bond acceptors (Lipinski definition) is 5. The maximum absolute atomic E-state index is 14.0. The van der Waals surface area contributed by atoms with E-state index in [1.807, 2.05) is 72.8 Å². The third-order valence-corrected chi connectivity index (χ3v) is 6.26. The van der Waals surface area contributed by atoms with Gasteiger partial charge in [-0.2, -0.15) is 6.20 Å². The average Bonchev–Trinajstić information content (AvgIpc) is 3.86. The number of benzene rings is 1. The van der Waals surface area contributed by atoms with Gasteiger partial charge < -0.3 is 4.98 Å². The molecular formula is C35H23ClF5N6Ru. The topological polar surface area (TPSA) is 78.0 Å². The molecule has 48 heavy (non-hydrogen) atoms. The van der Waals surface area contributed by atoms with E-state index in [1.54, 1.807) is 24.8 Å². The zero-order valence-electron chi connectivity index (χ0n) is 24.5. The first-order valence-corrected chi connectivity index (χ1v) is 13.7. The van der Waals surface area contributed by atoms with E-state index in [4.69, 9.17) is 0 Å². The summed E-state index contributed by atoms with van der Waals surface area (Å²) in [5.41, 5.74) is 2.47. The Kier molecular flexibility index (Phi) is 14.2. The van der Waals surface area contributed by atoms with Crippen LogP contribution in [-0.2, 0) is 19.5 Å². The van der Waals surface area contributed by atoms with Crippen molar-refractivity contribution in [2.45, 2.75) is 0 Å². The molecule has 6 aromatic rings. The van der Waals surface area contributed by atoms with Crippen LogP contribution in [0.2, 0.25) is 0 Å². The SMILES string of the molecule is Cl.Fc1c(F)c(F)c(C(=C2C=CC=N2)c2ccc[n-]2)c(F)c1F.[Ru+].c1ccc(-c2ccccn2)nc1.c1ccc(-c2ccccn2)nc1. The van der Waals surface area contributed by atoms with Crippen molar-refractivity contribution in [3.05, 3.63) is 174 Å². The summed E-state index contributed by atoms with van der Waals surface area (Å²) < 4.78 is 68.1. The van der Waals surface area contributed by atoms with Gasteiger partial charge in [0.2, 0.25) is 5.82 Å². The van der Waals surface area contributed by atoms with Crippen LogP contribution in [0.5, 0.6) is 0 Å². The molecule has 1 aromatic carbocycles. The molecule has 1 aliphatic heterocycles. The molecule has 0 saturated carbocycles. The number of pyridine rings is 4. The van der Waals surface area contributed by atoms with E-state index in [9.17, 15) is 22.0 Å². The molecular weight excluding hydrogens is 736 g/mol. The molecule has 5 aromatic heterocycles. The van der Waals surface area contributed by atoms with Gasteiger partial charge in [0.1, 0.15) is 0 Å². The van der Waals surface area contributed by atoms with E-state index in [0.29, 0.717) is 0 Å². The maximum Gasteiger partial charge on any atom is 1.00 e. The largest absolute Gasteiger partial charge is 1.00 e. The van der Waals surface area contributed by atoms with Crippen LogP contribution >= 0.6 is 12.4 Å². The second-order valence-corrected chi connectivity index (χ2v) is 9.22. The average molecular weight is 759 g/mol. The molecule has 7 rings (SSSR count). The maximum atomic E-state index is 14.0. The Balaban J connectivity index is 0.000000206. The van der Waals surface area contributed by atoms with E-state index >= 15 is 0 Å². The van der Waals surface area contributed by atoms with Gasteiger partial charge in [0.25, 0.3) is 0 Å². The fraction of sp³-hybridized carbons (Fsp3) is 0. The third kappa shape index (κ3) is 8.99. The van der Waals surface area contributed by atoms with Gasteiger partial charge in [0.05, 0.1) is 34.0 Å². The molecule has 243 valence electrons. The van der Waals surface area contributed by atoms with Crippen LogP contribution in [-0.4, -0.2) is 26.2 Å². The van der Waals surface area contributed by atoms with Gasteiger partial charge in [-0.3, -0.25) is 24.9 Å². The molecule has 1 aliphatic rings. The molecule has 0 fully saturated rings. The van der Waals surface area contributed by atoms with Crippen molar-refractivity contribution in [1.82, 2.24) is 24.9 Å². The number of aromatic nitrogens is 5. The monoisotopic (exact) mass is 759 g/mol. The third-order valence-electron chi connectivity index (χ3n) is 6.26. The van der Waals surface area contributed by atoms with Crippen LogP contribution in [0, 0.1) is 29.1 Å². The molecule has 13 heteroatoms. The predicted molar refractivity (Wildman–Crippen MR) is 172 cm³/mol. The Labute approximate surface area is 291 Å². The molecule has 0 atom stereocenters. The molecule has 0 aliphatic carbocycles. The Morgan fingerprint density at radius 1 is 0.521 bits per heavy atom. The first kappa shape index (κ1) is 37.3.